The minimum atomic E-state index is 0. The summed E-state index contributed by atoms with van der Waals surface area (Å²) in [5.41, 5.74) is 8.20. The van der Waals surface area contributed by atoms with Gasteiger partial charge >= 0.3 is 0 Å². The molecule has 1 unspecified atom stereocenters. The van der Waals surface area contributed by atoms with E-state index in [-0.39, 0.29) is 24.0 Å². The molecule has 22 heavy (non-hydrogen) atoms. The summed E-state index contributed by atoms with van der Waals surface area (Å²) in [6, 6.07) is 8.34. The lowest BCUT2D eigenvalue weighted by Gasteiger charge is -2.10. The fourth-order valence-corrected chi connectivity index (χ4v) is 2.66. The maximum atomic E-state index is 5.90. The lowest BCUT2D eigenvalue weighted by molar-refractivity contribution is 0.734. The van der Waals surface area contributed by atoms with Crippen molar-refractivity contribution in [3.8, 4) is 0 Å². The zero-order valence-electron chi connectivity index (χ0n) is 13.2. The van der Waals surface area contributed by atoms with Crippen LogP contribution in [0, 0.1) is 6.92 Å². The molecule has 0 aliphatic carbocycles. The number of benzene rings is 1. The molecule has 0 saturated heterocycles. The van der Waals surface area contributed by atoms with Gasteiger partial charge in [-0.05, 0) is 37.0 Å². The first-order chi connectivity index (χ1) is 10.1. The molecule has 2 rings (SSSR count). The van der Waals surface area contributed by atoms with Crippen LogP contribution in [0.15, 0.2) is 35.5 Å². The number of aliphatic imine (C=N–C) groups is 1. The number of aromatic nitrogens is 1. The first-order valence-electron chi connectivity index (χ1n) is 7.16. The molecule has 0 aliphatic rings. The van der Waals surface area contributed by atoms with Crippen molar-refractivity contribution in [2.75, 3.05) is 5.32 Å². The topological polar surface area (TPSA) is 63.3 Å². The standard InChI is InChI=1S/C16H22N4S.HI/c1-4-11(2)13-5-7-14(8-6-13)20-16(17)19-10-15-18-9-12(3)21-15;/h5-9,11H,4,10H2,1-3H3,(H3,17,19,20);1H. The summed E-state index contributed by atoms with van der Waals surface area (Å²) in [5, 5.41) is 4.08. The van der Waals surface area contributed by atoms with E-state index in [1.54, 1.807) is 11.3 Å². The lowest BCUT2D eigenvalue weighted by Crippen LogP contribution is -2.22. The van der Waals surface area contributed by atoms with Crippen molar-refractivity contribution in [1.82, 2.24) is 4.98 Å². The molecule has 1 atom stereocenters. The van der Waals surface area contributed by atoms with E-state index < -0.39 is 0 Å². The molecule has 0 spiro atoms. The van der Waals surface area contributed by atoms with Gasteiger partial charge in [0.05, 0.1) is 6.54 Å². The zero-order chi connectivity index (χ0) is 15.2. The Hall–Kier alpha value is -1.15. The van der Waals surface area contributed by atoms with Gasteiger partial charge in [0.2, 0.25) is 0 Å². The number of rotatable bonds is 5. The maximum Gasteiger partial charge on any atom is 0.193 e. The number of thiazole rings is 1. The first kappa shape index (κ1) is 18.9. The van der Waals surface area contributed by atoms with Gasteiger partial charge in [-0.2, -0.15) is 0 Å². The van der Waals surface area contributed by atoms with E-state index in [1.165, 1.54) is 10.4 Å². The number of hydrogen-bond donors (Lipinski definition) is 2. The number of aryl methyl sites for hydroxylation is 1. The highest BCUT2D eigenvalue weighted by Gasteiger charge is 2.03. The Morgan fingerprint density at radius 2 is 2.05 bits per heavy atom. The highest BCUT2D eigenvalue weighted by molar-refractivity contribution is 14.0. The third-order valence-electron chi connectivity index (χ3n) is 3.42. The summed E-state index contributed by atoms with van der Waals surface area (Å²) >= 11 is 1.64. The predicted molar refractivity (Wildman–Crippen MR) is 106 cm³/mol. The Kier molecular flexibility index (Phi) is 7.81. The van der Waals surface area contributed by atoms with Gasteiger partial charge in [0.1, 0.15) is 5.01 Å². The van der Waals surface area contributed by atoms with Crippen LogP contribution in [0.3, 0.4) is 0 Å². The molecule has 0 bridgehead atoms. The van der Waals surface area contributed by atoms with Crippen molar-refractivity contribution in [2.45, 2.75) is 39.7 Å². The molecule has 0 amide bonds. The van der Waals surface area contributed by atoms with Crippen molar-refractivity contribution in [2.24, 2.45) is 10.7 Å². The molecule has 120 valence electrons. The molecule has 6 heteroatoms. The number of nitrogens with one attached hydrogen (secondary N) is 1. The molecular weight excluding hydrogens is 407 g/mol. The number of nitrogens with zero attached hydrogens (tertiary/aromatic N) is 2. The van der Waals surface area contributed by atoms with Crippen molar-refractivity contribution < 1.29 is 0 Å². The van der Waals surface area contributed by atoms with E-state index >= 15 is 0 Å². The average molecular weight is 430 g/mol. The zero-order valence-corrected chi connectivity index (χ0v) is 16.3. The maximum absolute atomic E-state index is 5.90. The fourth-order valence-electron chi connectivity index (χ4n) is 1.95. The van der Waals surface area contributed by atoms with Crippen molar-refractivity contribution in [3.63, 3.8) is 0 Å². The molecule has 0 aliphatic heterocycles. The highest BCUT2D eigenvalue weighted by atomic mass is 127. The van der Waals surface area contributed by atoms with Crippen LogP contribution in [-0.4, -0.2) is 10.9 Å². The van der Waals surface area contributed by atoms with Crippen LogP contribution in [-0.2, 0) is 6.54 Å². The Bertz CT molecular complexity index is 607. The largest absolute Gasteiger partial charge is 0.370 e. The molecular formula is C16H23IN4S. The van der Waals surface area contributed by atoms with Gasteiger partial charge in [-0.25, -0.2) is 9.98 Å². The van der Waals surface area contributed by atoms with Crippen molar-refractivity contribution in [3.05, 3.63) is 45.9 Å². The average Bonchev–Trinajstić information content (AvgIpc) is 2.91. The Balaban J connectivity index is 0.00000242. The summed E-state index contributed by atoms with van der Waals surface area (Å²) in [6.45, 7) is 6.98. The number of halogens is 1. The second-order valence-electron chi connectivity index (χ2n) is 5.12. The van der Waals surface area contributed by atoms with Crippen LogP contribution in [0.1, 0.15) is 41.6 Å². The van der Waals surface area contributed by atoms with Crippen LogP contribution >= 0.6 is 35.3 Å². The van der Waals surface area contributed by atoms with Crippen LogP contribution in [0.25, 0.3) is 0 Å². The molecule has 1 heterocycles. The number of hydrogen-bond acceptors (Lipinski definition) is 3. The summed E-state index contributed by atoms with van der Waals surface area (Å²) in [7, 11) is 0. The predicted octanol–water partition coefficient (Wildman–Crippen LogP) is 4.51. The molecule has 3 N–H and O–H groups in total. The summed E-state index contributed by atoms with van der Waals surface area (Å²) in [5.74, 6) is 0.998. The van der Waals surface area contributed by atoms with Crippen molar-refractivity contribution >= 4 is 47.0 Å². The molecule has 0 saturated carbocycles. The quantitative estimate of drug-likeness (QED) is 0.417. The van der Waals surface area contributed by atoms with E-state index in [0.29, 0.717) is 18.4 Å². The smallest absolute Gasteiger partial charge is 0.193 e. The van der Waals surface area contributed by atoms with E-state index in [1.807, 2.05) is 25.3 Å². The lowest BCUT2D eigenvalue weighted by atomic mass is 9.99. The second-order valence-corrected chi connectivity index (χ2v) is 6.44. The van der Waals surface area contributed by atoms with Gasteiger partial charge in [-0.3, -0.25) is 0 Å². The molecule has 4 nitrogen and oxygen atoms in total. The Morgan fingerprint density at radius 3 is 2.59 bits per heavy atom. The second kappa shape index (κ2) is 9.09. The number of guanidine groups is 1. The van der Waals surface area contributed by atoms with E-state index in [2.05, 4.69) is 41.3 Å². The third kappa shape index (κ3) is 5.57. The van der Waals surface area contributed by atoms with Crippen LogP contribution in [0.5, 0.6) is 0 Å². The number of anilines is 1. The minimum absolute atomic E-state index is 0. The van der Waals surface area contributed by atoms with E-state index in [0.717, 1.165) is 17.1 Å². The Labute approximate surface area is 153 Å². The molecule has 0 fully saturated rings. The molecule has 1 aromatic heterocycles. The Morgan fingerprint density at radius 1 is 1.36 bits per heavy atom. The fraction of sp³-hybridized carbons (Fsp3) is 0.375. The molecule has 0 radical (unpaired) electrons. The van der Waals surface area contributed by atoms with Crippen molar-refractivity contribution in [1.29, 1.82) is 0 Å². The van der Waals surface area contributed by atoms with E-state index in [9.17, 15) is 0 Å². The van der Waals surface area contributed by atoms with Gasteiger partial charge < -0.3 is 11.1 Å². The van der Waals surface area contributed by atoms with Gasteiger partial charge in [-0.15, -0.1) is 35.3 Å². The monoisotopic (exact) mass is 430 g/mol. The van der Waals surface area contributed by atoms with Gasteiger partial charge in [-0.1, -0.05) is 26.0 Å². The van der Waals surface area contributed by atoms with Crippen LogP contribution < -0.4 is 11.1 Å². The summed E-state index contributed by atoms with van der Waals surface area (Å²) in [6.07, 6.45) is 3.00. The number of nitrogens with two attached hydrogens (primary N) is 1. The highest BCUT2D eigenvalue weighted by Crippen LogP contribution is 2.20. The molecule has 2 aromatic rings. The first-order valence-corrected chi connectivity index (χ1v) is 7.98. The van der Waals surface area contributed by atoms with E-state index in [4.69, 9.17) is 5.73 Å². The van der Waals surface area contributed by atoms with Gasteiger partial charge in [0.25, 0.3) is 0 Å². The normalized spacial score (nSPS) is 12.6. The van der Waals surface area contributed by atoms with Gasteiger partial charge in [0.15, 0.2) is 5.96 Å². The van der Waals surface area contributed by atoms with Gasteiger partial charge in [0, 0.05) is 16.8 Å². The van der Waals surface area contributed by atoms with Crippen LogP contribution in [0.4, 0.5) is 5.69 Å². The SMILES string of the molecule is CCC(C)c1ccc(NC(N)=NCc2ncc(C)s2)cc1.I. The van der Waals surface area contributed by atoms with Crippen LogP contribution in [0.2, 0.25) is 0 Å². The minimum Gasteiger partial charge on any atom is -0.370 e. The summed E-state index contributed by atoms with van der Waals surface area (Å²) in [4.78, 5) is 9.76. The molecule has 1 aromatic carbocycles. The third-order valence-corrected chi connectivity index (χ3v) is 4.32. The summed E-state index contributed by atoms with van der Waals surface area (Å²) < 4.78 is 0.